The predicted octanol–water partition coefficient (Wildman–Crippen LogP) is 4.21. The molecule has 3 rings (SSSR count). The number of benzene rings is 2. The third-order valence-electron chi connectivity index (χ3n) is 3.50. The Balaban J connectivity index is 2.19. The van der Waals surface area contributed by atoms with Crippen molar-refractivity contribution < 1.29 is 4.79 Å². The van der Waals surface area contributed by atoms with Crippen molar-refractivity contribution in [1.82, 2.24) is 4.98 Å². The largest absolute Gasteiger partial charge is 0.326 e. The van der Waals surface area contributed by atoms with Crippen LogP contribution in [0.3, 0.4) is 0 Å². The van der Waals surface area contributed by atoms with Gasteiger partial charge in [-0.25, -0.2) is 4.98 Å². The van der Waals surface area contributed by atoms with Gasteiger partial charge in [0.1, 0.15) is 5.82 Å². The van der Waals surface area contributed by atoms with Gasteiger partial charge in [-0.2, -0.15) is 0 Å². The van der Waals surface area contributed by atoms with E-state index in [2.05, 4.69) is 16.8 Å². The van der Waals surface area contributed by atoms with E-state index >= 15 is 0 Å². The molecule has 1 heterocycles. The van der Waals surface area contributed by atoms with E-state index in [0.29, 0.717) is 11.4 Å². The normalized spacial score (nSPS) is 10.5. The first kappa shape index (κ1) is 13.3. The van der Waals surface area contributed by atoms with Crippen LogP contribution in [0.5, 0.6) is 0 Å². The summed E-state index contributed by atoms with van der Waals surface area (Å²) in [6.45, 7) is 2.80. The topological polar surface area (TPSA) is 33.2 Å². The van der Waals surface area contributed by atoms with Crippen LogP contribution in [0.25, 0.3) is 10.9 Å². The monoisotopic (exact) mass is 276 g/mol. The van der Waals surface area contributed by atoms with Crippen molar-refractivity contribution in [2.24, 2.45) is 0 Å². The van der Waals surface area contributed by atoms with Crippen molar-refractivity contribution in [2.45, 2.75) is 6.92 Å². The Morgan fingerprint density at radius 1 is 1.05 bits per heavy atom. The number of hydrogen-bond donors (Lipinski definition) is 0. The van der Waals surface area contributed by atoms with E-state index in [1.807, 2.05) is 60.7 Å². The number of aromatic nitrogens is 1. The summed E-state index contributed by atoms with van der Waals surface area (Å²) in [5.41, 5.74) is 2.54. The molecule has 0 aliphatic rings. The number of pyridine rings is 1. The Morgan fingerprint density at radius 3 is 2.48 bits per heavy atom. The molecule has 104 valence electrons. The van der Waals surface area contributed by atoms with E-state index in [1.54, 1.807) is 0 Å². The number of para-hydroxylation sites is 2. The fraction of sp³-hybridized carbons (Fsp3) is 0.111. The third-order valence-corrected chi connectivity index (χ3v) is 3.50. The van der Waals surface area contributed by atoms with Crippen LogP contribution in [0.4, 0.5) is 11.5 Å². The highest BCUT2D eigenvalue weighted by molar-refractivity contribution is 5.93. The van der Waals surface area contributed by atoms with Crippen molar-refractivity contribution in [3.05, 3.63) is 66.2 Å². The lowest BCUT2D eigenvalue weighted by Crippen LogP contribution is -2.19. The predicted molar refractivity (Wildman–Crippen MR) is 86.3 cm³/mol. The average molecular weight is 276 g/mol. The molecule has 3 nitrogen and oxygen atoms in total. The molecule has 3 heteroatoms. The highest BCUT2D eigenvalue weighted by Gasteiger charge is 2.14. The number of rotatable bonds is 4. The molecule has 0 radical (unpaired) electrons. The van der Waals surface area contributed by atoms with Crippen LogP contribution in [0.2, 0.25) is 0 Å². The number of carbonyl (C=O) groups is 1. The number of fused-ring (bicyclic) bond motifs is 1. The van der Waals surface area contributed by atoms with E-state index in [4.69, 9.17) is 0 Å². The van der Waals surface area contributed by atoms with E-state index in [1.165, 1.54) is 0 Å². The molecule has 0 N–H and O–H groups in total. The molecule has 0 bridgehead atoms. The van der Waals surface area contributed by atoms with Gasteiger partial charge in [0.15, 0.2) is 6.29 Å². The van der Waals surface area contributed by atoms with Crippen molar-refractivity contribution in [1.29, 1.82) is 0 Å². The second-order valence-corrected chi connectivity index (χ2v) is 4.79. The Morgan fingerprint density at radius 2 is 1.76 bits per heavy atom. The maximum Gasteiger partial charge on any atom is 0.153 e. The molecule has 0 unspecified atom stereocenters. The minimum absolute atomic E-state index is 0.611. The van der Waals surface area contributed by atoms with Gasteiger partial charge in [-0.05, 0) is 31.2 Å². The van der Waals surface area contributed by atoms with Crippen molar-refractivity contribution in [2.75, 3.05) is 11.4 Å². The van der Waals surface area contributed by atoms with E-state index < -0.39 is 0 Å². The summed E-state index contributed by atoms with van der Waals surface area (Å²) >= 11 is 0. The number of nitrogens with zero attached hydrogens (tertiary/aromatic N) is 2. The summed E-state index contributed by atoms with van der Waals surface area (Å²) in [5, 5.41) is 0.979. The molecule has 0 amide bonds. The summed E-state index contributed by atoms with van der Waals surface area (Å²) in [6.07, 6.45) is 0.875. The van der Waals surface area contributed by atoms with Gasteiger partial charge in [-0.1, -0.05) is 36.4 Å². The first-order valence-corrected chi connectivity index (χ1v) is 7.01. The van der Waals surface area contributed by atoms with E-state index in [-0.39, 0.29) is 0 Å². The molecule has 0 fully saturated rings. The van der Waals surface area contributed by atoms with Crippen LogP contribution in [-0.4, -0.2) is 17.8 Å². The first-order valence-electron chi connectivity index (χ1n) is 7.01. The number of hydrogen-bond acceptors (Lipinski definition) is 3. The standard InChI is InChI=1S/C18H16N2O/c1-2-20(16-9-4-3-5-10-16)18-15(13-21)12-14-8-6-7-11-17(14)19-18/h3-13H,2H2,1H3. The lowest BCUT2D eigenvalue weighted by molar-refractivity contribution is 0.112. The van der Waals surface area contributed by atoms with Crippen molar-refractivity contribution in [3.63, 3.8) is 0 Å². The third kappa shape index (κ3) is 2.50. The number of anilines is 2. The second-order valence-electron chi connectivity index (χ2n) is 4.79. The smallest absolute Gasteiger partial charge is 0.153 e. The van der Waals surface area contributed by atoms with Crippen LogP contribution >= 0.6 is 0 Å². The minimum Gasteiger partial charge on any atom is -0.326 e. The molecule has 3 aromatic rings. The highest BCUT2D eigenvalue weighted by Crippen LogP contribution is 2.28. The molecule has 0 aliphatic carbocycles. The van der Waals surface area contributed by atoms with Gasteiger partial charge in [0.2, 0.25) is 0 Å². The zero-order valence-corrected chi connectivity index (χ0v) is 11.9. The van der Waals surface area contributed by atoms with Gasteiger partial charge >= 0.3 is 0 Å². The maximum absolute atomic E-state index is 11.5. The fourth-order valence-electron chi connectivity index (χ4n) is 2.49. The maximum atomic E-state index is 11.5. The molecule has 0 saturated heterocycles. The SMILES string of the molecule is CCN(c1ccccc1)c1nc2ccccc2cc1C=O. The Labute approximate surface area is 123 Å². The van der Waals surface area contributed by atoms with Gasteiger partial charge in [0, 0.05) is 17.6 Å². The highest BCUT2D eigenvalue weighted by atomic mass is 16.1. The second kappa shape index (κ2) is 5.75. The Hall–Kier alpha value is -2.68. The molecular formula is C18H16N2O. The summed E-state index contributed by atoms with van der Waals surface area (Å²) in [4.78, 5) is 18.2. The van der Waals surface area contributed by atoms with Crippen LogP contribution < -0.4 is 4.90 Å². The lowest BCUT2D eigenvalue weighted by Gasteiger charge is -2.23. The van der Waals surface area contributed by atoms with E-state index in [9.17, 15) is 4.79 Å². The quantitative estimate of drug-likeness (QED) is 0.669. The van der Waals surface area contributed by atoms with Gasteiger partial charge in [0.25, 0.3) is 0 Å². The van der Waals surface area contributed by atoms with Crippen molar-refractivity contribution in [3.8, 4) is 0 Å². The molecule has 0 aliphatic heterocycles. The minimum atomic E-state index is 0.611. The summed E-state index contributed by atoms with van der Waals surface area (Å²) in [5.74, 6) is 0.706. The number of carbonyl (C=O) groups excluding carboxylic acids is 1. The zero-order chi connectivity index (χ0) is 14.7. The number of aldehydes is 1. The molecule has 0 atom stereocenters. The Bertz CT molecular complexity index is 769. The molecule has 0 saturated carbocycles. The fourth-order valence-corrected chi connectivity index (χ4v) is 2.49. The van der Waals surface area contributed by atoms with Crippen LogP contribution in [-0.2, 0) is 0 Å². The first-order chi connectivity index (χ1) is 10.3. The Kier molecular flexibility index (Phi) is 3.65. The summed E-state index contributed by atoms with van der Waals surface area (Å²) < 4.78 is 0. The van der Waals surface area contributed by atoms with Gasteiger partial charge < -0.3 is 4.90 Å². The molecular weight excluding hydrogens is 260 g/mol. The van der Waals surface area contributed by atoms with Crippen LogP contribution in [0.15, 0.2) is 60.7 Å². The average Bonchev–Trinajstić information content (AvgIpc) is 2.56. The lowest BCUT2D eigenvalue weighted by atomic mass is 10.1. The van der Waals surface area contributed by atoms with Crippen LogP contribution in [0.1, 0.15) is 17.3 Å². The molecule has 1 aromatic heterocycles. The molecule has 0 spiro atoms. The van der Waals surface area contributed by atoms with Gasteiger partial charge in [0.05, 0.1) is 11.1 Å². The summed E-state index contributed by atoms with van der Waals surface area (Å²) in [6, 6.07) is 19.7. The molecule has 2 aromatic carbocycles. The summed E-state index contributed by atoms with van der Waals surface area (Å²) in [7, 11) is 0. The van der Waals surface area contributed by atoms with E-state index in [0.717, 1.165) is 29.4 Å². The van der Waals surface area contributed by atoms with Gasteiger partial charge in [-0.3, -0.25) is 4.79 Å². The van der Waals surface area contributed by atoms with Crippen molar-refractivity contribution >= 4 is 28.7 Å². The van der Waals surface area contributed by atoms with Crippen LogP contribution in [0, 0.1) is 0 Å². The molecule has 21 heavy (non-hydrogen) atoms. The zero-order valence-electron chi connectivity index (χ0n) is 11.9. The van der Waals surface area contributed by atoms with Gasteiger partial charge in [-0.15, -0.1) is 0 Å².